The predicted octanol–water partition coefficient (Wildman–Crippen LogP) is 6.15. The quantitative estimate of drug-likeness (QED) is 0.243. The van der Waals surface area contributed by atoms with Gasteiger partial charge in [-0.3, -0.25) is 8.58 Å². The van der Waals surface area contributed by atoms with E-state index in [1.54, 1.807) is 30.5 Å². The highest BCUT2D eigenvalue weighted by Gasteiger charge is 2.38. The third kappa shape index (κ3) is 4.63. The Morgan fingerprint density at radius 2 is 1.66 bits per heavy atom. The number of imidazole rings is 1. The van der Waals surface area contributed by atoms with E-state index in [1.165, 1.54) is 0 Å². The maximum Gasteiger partial charge on any atom is 0.297 e. The molecule has 0 spiro atoms. The van der Waals surface area contributed by atoms with Crippen LogP contribution in [0, 0.1) is 6.92 Å². The summed E-state index contributed by atoms with van der Waals surface area (Å²) in [6.07, 6.45) is 4.15. The molecule has 1 aliphatic carbocycles. The molecule has 2 N–H and O–H groups in total. The molecule has 7 rings (SSSR count). The maximum absolute atomic E-state index is 12.8. The van der Waals surface area contributed by atoms with Gasteiger partial charge in [0.05, 0.1) is 22.2 Å². The number of nitrogens with zero attached hydrogens (tertiary/aromatic N) is 4. The van der Waals surface area contributed by atoms with Gasteiger partial charge in [-0.2, -0.15) is 8.42 Å². The Hall–Kier alpha value is -4.60. The average Bonchev–Trinajstić information content (AvgIpc) is 3.35. The summed E-state index contributed by atoms with van der Waals surface area (Å²) in [6.45, 7) is 1.91. The third-order valence-corrected chi connectivity index (χ3v) is 9.05. The number of nitrogen functional groups attached to an aromatic ring is 1. The fraction of sp³-hybridized carbons (Fsp3) is 0.156. The monoisotopic (exact) mass is 561 g/mol. The molecule has 0 atom stereocenters. The molecule has 3 aromatic carbocycles. The largest absolute Gasteiger partial charge is 0.382 e. The van der Waals surface area contributed by atoms with Crippen LogP contribution in [0.2, 0.25) is 0 Å². The van der Waals surface area contributed by atoms with E-state index in [0.29, 0.717) is 18.7 Å². The number of aromatic nitrogens is 4. The maximum atomic E-state index is 12.8. The molecule has 204 valence electrons. The molecular weight excluding hydrogens is 534 g/mol. The van der Waals surface area contributed by atoms with Crippen LogP contribution >= 0.6 is 0 Å². The van der Waals surface area contributed by atoms with Crippen molar-refractivity contribution in [3.05, 3.63) is 109 Å². The van der Waals surface area contributed by atoms with Crippen molar-refractivity contribution in [1.29, 1.82) is 0 Å². The molecule has 1 fully saturated rings. The predicted molar refractivity (Wildman–Crippen MR) is 159 cm³/mol. The minimum absolute atomic E-state index is 0.0135. The minimum Gasteiger partial charge on any atom is -0.382 e. The summed E-state index contributed by atoms with van der Waals surface area (Å²) in [5, 5.41) is 1.03. The third-order valence-electron chi connectivity index (χ3n) is 7.68. The molecule has 9 heteroatoms. The Morgan fingerprint density at radius 3 is 2.44 bits per heavy atom. The van der Waals surface area contributed by atoms with Gasteiger partial charge in [0.25, 0.3) is 10.1 Å². The van der Waals surface area contributed by atoms with Crippen molar-refractivity contribution >= 4 is 32.4 Å². The lowest BCUT2D eigenvalue weighted by Crippen LogP contribution is -2.33. The van der Waals surface area contributed by atoms with Gasteiger partial charge in [0.15, 0.2) is 0 Å². The van der Waals surface area contributed by atoms with Gasteiger partial charge in [0, 0.05) is 34.8 Å². The Bertz CT molecular complexity index is 2020. The molecule has 8 nitrogen and oxygen atoms in total. The van der Waals surface area contributed by atoms with Crippen molar-refractivity contribution in [3.8, 4) is 22.5 Å². The molecule has 0 saturated heterocycles. The van der Waals surface area contributed by atoms with Crippen molar-refractivity contribution in [2.24, 2.45) is 0 Å². The number of nitrogens with two attached hydrogens (primary N) is 1. The summed E-state index contributed by atoms with van der Waals surface area (Å²) in [5.74, 6) is 1.20. The Kier molecular flexibility index (Phi) is 6.06. The van der Waals surface area contributed by atoms with Crippen LogP contribution in [0.3, 0.4) is 0 Å². The zero-order valence-corrected chi connectivity index (χ0v) is 23.1. The number of hydrogen-bond acceptors (Lipinski definition) is 7. The fourth-order valence-corrected chi connectivity index (χ4v) is 6.50. The first-order valence-corrected chi connectivity index (χ1v) is 14.9. The molecule has 3 aromatic heterocycles. The fourth-order valence-electron chi connectivity index (χ4n) is 5.41. The highest BCUT2D eigenvalue weighted by atomic mass is 32.2. The second-order valence-corrected chi connectivity index (χ2v) is 12.0. The lowest BCUT2D eigenvalue weighted by atomic mass is 9.82. The van der Waals surface area contributed by atoms with Crippen LogP contribution in [-0.2, 0) is 14.3 Å². The molecule has 0 bridgehead atoms. The van der Waals surface area contributed by atoms with Gasteiger partial charge in [0.2, 0.25) is 0 Å². The lowest BCUT2D eigenvalue weighted by Gasteiger charge is -2.33. The highest BCUT2D eigenvalue weighted by Crippen LogP contribution is 2.42. The molecule has 0 radical (unpaired) electrons. The van der Waals surface area contributed by atoms with E-state index < -0.39 is 16.2 Å². The zero-order chi connectivity index (χ0) is 28.1. The van der Waals surface area contributed by atoms with Gasteiger partial charge in [-0.25, -0.2) is 15.0 Å². The molecule has 0 aliphatic heterocycles. The molecule has 6 aromatic rings. The average molecular weight is 562 g/mol. The normalized spacial score (nSPS) is 17.1. The Morgan fingerprint density at radius 1 is 0.902 bits per heavy atom. The standard InChI is InChI=1S/C32H27N5O3S/c1-20-7-12-26(13-8-20)41(38,39)40-25-17-24(18-25)32-36-29(30-31(33)34-15-16-37(30)32)23-10-9-22-11-14-27(35-28(22)19-23)21-5-3-2-4-6-21/h2-16,19,24-25H,17-18H2,1H3,(H2,33,34). The molecular formula is C32H27N5O3S. The number of rotatable bonds is 6. The van der Waals surface area contributed by atoms with Crippen LogP contribution in [0.1, 0.15) is 30.1 Å². The Balaban J connectivity index is 1.20. The molecule has 41 heavy (non-hydrogen) atoms. The van der Waals surface area contributed by atoms with E-state index in [9.17, 15) is 8.42 Å². The first-order chi connectivity index (χ1) is 19.9. The van der Waals surface area contributed by atoms with Crippen LogP contribution in [-0.4, -0.2) is 33.9 Å². The van der Waals surface area contributed by atoms with Crippen LogP contribution in [0.4, 0.5) is 5.82 Å². The molecule has 0 amide bonds. The highest BCUT2D eigenvalue weighted by molar-refractivity contribution is 7.86. The van der Waals surface area contributed by atoms with Gasteiger partial charge < -0.3 is 5.73 Å². The van der Waals surface area contributed by atoms with E-state index in [2.05, 4.69) is 11.1 Å². The van der Waals surface area contributed by atoms with Crippen molar-refractivity contribution < 1.29 is 12.6 Å². The lowest BCUT2D eigenvalue weighted by molar-refractivity contribution is 0.102. The van der Waals surface area contributed by atoms with Crippen LogP contribution in [0.15, 0.2) is 102 Å². The van der Waals surface area contributed by atoms with E-state index >= 15 is 0 Å². The smallest absolute Gasteiger partial charge is 0.297 e. The number of fused-ring (bicyclic) bond motifs is 2. The van der Waals surface area contributed by atoms with E-state index in [4.69, 9.17) is 19.9 Å². The van der Waals surface area contributed by atoms with Crippen molar-refractivity contribution in [1.82, 2.24) is 19.4 Å². The summed E-state index contributed by atoms with van der Waals surface area (Å²) in [6, 6.07) is 26.9. The second kappa shape index (κ2) is 9.79. The summed E-state index contributed by atoms with van der Waals surface area (Å²) in [5.41, 5.74) is 12.5. The van der Waals surface area contributed by atoms with Crippen LogP contribution in [0.5, 0.6) is 0 Å². The van der Waals surface area contributed by atoms with Gasteiger partial charge >= 0.3 is 0 Å². The van der Waals surface area contributed by atoms with Crippen molar-refractivity contribution in [2.75, 3.05) is 5.73 Å². The number of anilines is 1. The SMILES string of the molecule is Cc1ccc(S(=O)(=O)OC2CC(c3nc(-c4ccc5ccc(-c6ccccc6)nc5c4)c4c(N)nccn34)C2)cc1. The first-order valence-electron chi connectivity index (χ1n) is 13.4. The van der Waals surface area contributed by atoms with Gasteiger partial charge in [-0.15, -0.1) is 0 Å². The topological polar surface area (TPSA) is 112 Å². The summed E-state index contributed by atoms with van der Waals surface area (Å²) in [7, 11) is -3.84. The van der Waals surface area contributed by atoms with Crippen LogP contribution in [0.25, 0.3) is 38.9 Å². The van der Waals surface area contributed by atoms with Crippen molar-refractivity contribution in [2.45, 2.75) is 36.7 Å². The molecule has 1 saturated carbocycles. The molecule has 3 heterocycles. The van der Waals surface area contributed by atoms with E-state index in [0.717, 1.165) is 50.3 Å². The minimum atomic E-state index is -3.84. The number of benzene rings is 3. The first kappa shape index (κ1) is 25.4. The summed E-state index contributed by atoms with van der Waals surface area (Å²) < 4.78 is 33.1. The van der Waals surface area contributed by atoms with Gasteiger partial charge in [-0.05, 0) is 44.0 Å². The number of aryl methyl sites for hydroxylation is 1. The van der Waals surface area contributed by atoms with Gasteiger partial charge in [-0.1, -0.05) is 66.2 Å². The van der Waals surface area contributed by atoms with Crippen molar-refractivity contribution in [3.63, 3.8) is 0 Å². The number of hydrogen-bond donors (Lipinski definition) is 1. The van der Waals surface area contributed by atoms with Crippen LogP contribution < -0.4 is 5.73 Å². The van der Waals surface area contributed by atoms with Gasteiger partial charge in [0.1, 0.15) is 22.9 Å². The molecule has 1 aliphatic rings. The zero-order valence-electron chi connectivity index (χ0n) is 22.3. The summed E-state index contributed by atoms with van der Waals surface area (Å²) in [4.78, 5) is 14.5. The van der Waals surface area contributed by atoms with E-state index in [-0.39, 0.29) is 10.8 Å². The number of pyridine rings is 1. The summed E-state index contributed by atoms with van der Waals surface area (Å²) >= 11 is 0. The molecule has 0 unspecified atom stereocenters. The second-order valence-electron chi connectivity index (χ2n) is 10.5. The van der Waals surface area contributed by atoms with E-state index in [1.807, 2.05) is 72.1 Å². The Labute approximate surface area is 237 Å².